The Morgan fingerprint density at radius 3 is 2.45 bits per heavy atom. The van der Waals surface area contributed by atoms with Gasteiger partial charge in [-0.3, -0.25) is 9.59 Å². The van der Waals surface area contributed by atoms with Crippen LogP contribution >= 0.6 is 0 Å². The van der Waals surface area contributed by atoms with Crippen LogP contribution in [0.5, 0.6) is 5.75 Å². The van der Waals surface area contributed by atoms with Crippen molar-refractivity contribution >= 4 is 22.8 Å². The molecule has 0 aliphatic heterocycles. The third-order valence-electron chi connectivity index (χ3n) is 4.81. The average Bonchev–Trinajstić information content (AvgIpc) is 2.78. The van der Waals surface area contributed by atoms with Crippen molar-refractivity contribution in [3.05, 3.63) is 99.9 Å². The maximum Gasteiger partial charge on any atom is 0.335 e. The number of hydrogen-bond acceptors (Lipinski definition) is 5. The van der Waals surface area contributed by atoms with E-state index >= 15 is 0 Å². The number of ether oxygens (including phenoxy) is 1. The summed E-state index contributed by atoms with van der Waals surface area (Å²) in [6, 6.07) is 17.7. The molecular formula is C24H17NO6. The number of aromatic carboxylic acids is 1. The zero-order valence-electron chi connectivity index (χ0n) is 16.2. The minimum Gasteiger partial charge on any atom is -0.489 e. The van der Waals surface area contributed by atoms with Gasteiger partial charge in [-0.2, -0.15) is 0 Å². The summed E-state index contributed by atoms with van der Waals surface area (Å²) >= 11 is 0. The molecule has 7 nitrogen and oxygen atoms in total. The number of amides is 1. The van der Waals surface area contributed by atoms with Crippen LogP contribution in [0.2, 0.25) is 0 Å². The van der Waals surface area contributed by atoms with Crippen LogP contribution in [0, 0.1) is 0 Å². The van der Waals surface area contributed by atoms with Crippen molar-refractivity contribution in [1.29, 1.82) is 0 Å². The van der Waals surface area contributed by atoms with Gasteiger partial charge < -0.3 is 20.0 Å². The minimum absolute atomic E-state index is 0.168. The third-order valence-corrected chi connectivity index (χ3v) is 4.81. The molecule has 1 amide bonds. The molecule has 1 aromatic heterocycles. The van der Waals surface area contributed by atoms with Crippen molar-refractivity contribution < 1.29 is 23.8 Å². The fourth-order valence-corrected chi connectivity index (χ4v) is 3.17. The second kappa shape index (κ2) is 8.16. The number of primary amides is 1. The first-order valence-corrected chi connectivity index (χ1v) is 9.33. The Morgan fingerprint density at radius 2 is 1.74 bits per heavy atom. The summed E-state index contributed by atoms with van der Waals surface area (Å²) in [5.74, 6) is -1.07. The summed E-state index contributed by atoms with van der Waals surface area (Å²) in [6.07, 6.45) is 1.37. The normalized spacial score (nSPS) is 10.7. The minimum atomic E-state index is -1.01. The highest BCUT2D eigenvalue weighted by Crippen LogP contribution is 2.24. The molecule has 3 N–H and O–H groups in total. The summed E-state index contributed by atoms with van der Waals surface area (Å²) in [5, 5.41) is 9.46. The number of fused-ring (bicyclic) bond motifs is 1. The number of rotatable bonds is 6. The molecule has 0 unspecified atom stereocenters. The number of carbonyl (C=O) groups is 2. The van der Waals surface area contributed by atoms with Gasteiger partial charge in [0.15, 0.2) is 5.43 Å². The highest BCUT2D eigenvalue weighted by Gasteiger charge is 2.11. The van der Waals surface area contributed by atoms with E-state index in [1.54, 1.807) is 60.7 Å². The molecule has 0 saturated carbocycles. The fraction of sp³-hybridized carbons (Fsp3) is 0.0417. The first-order chi connectivity index (χ1) is 14.9. The topological polar surface area (TPSA) is 120 Å². The standard InChI is InChI=1S/C24H17NO6/c25-23(27)16-6-4-15(5-7-16)20-13-31-21-11-18(8-9-19(21)22(20)26)30-12-14-2-1-3-17(10-14)24(28)29/h1-11,13H,12H2,(H2,25,27)(H,28,29). The predicted molar refractivity (Wildman–Crippen MR) is 114 cm³/mol. The molecule has 4 aromatic rings. The lowest BCUT2D eigenvalue weighted by Crippen LogP contribution is -2.10. The fourth-order valence-electron chi connectivity index (χ4n) is 3.17. The maximum absolute atomic E-state index is 12.9. The molecule has 0 saturated heterocycles. The van der Waals surface area contributed by atoms with Gasteiger partial charge in [-0.25, -0.2) is 4.79 Å². The summed E-state index contributed by atoms with van der Waals surface area (Å²) in [4.78, 5) is 35.2. The lowest BCUT2D eigenvalue weighted by atomic mass is 10.0. The quantitative estimate of drug-likeness (QED) is 0.494. The van der Waals surface area contributed by atoms with Crippen molar-refractivity contribution in [2.24, 2.45) is 5.73 Å². The van der Waals surface area contributed by atoms with E-state index in [4.69, 9.17) is 20.0 Å². The van der Waals surface area contributed by atoms with Gasteiger partial charge in [0.2, 0.25) is 5.91 Å². The summed E-state index contributed by atoms with van der Waals surface area (Å²) in [7, 11) is 0. The number of benzene rings is 3. The number of carboxylic acids is 1. The zero-order valence-corrected chi connectivity index (χ0v) is 16.2. The Bertz CT molecular complexity index is 1350. The second-order valence-corrected chi connectivity index (χ2v) is 6.87. The van der Waals surface area contributed by atoms with Crippen LogP contribution in [0.3, 0.4) is 0 Å². The highest BCUT2D eigenvalue weighted by molar-refractivity contribution is 5.93. The molecule has 1 heterocycles. The molecule has 31 heavy (non-hydrogen) atoms. The van der Waals surface area contributed by atoms with Gasteiger partial charge in [0.05, 0.1) is 16.5 Å². The summed E-state index contributed by atoms with van der Waals surface area (Å²) in [6.45, 7) is 0.168. The lowest BCUT2D eigenvalue weighted by Gasteiger charge is -2.08. The molecule has 4 rings (SSSR count). The van der Waals surface area contributed by atoms with Crippen LogP contribution in [0.1, 0.15) is 26.3 Å². The maximum atomic E-state index is 12.9. The Morgan fingerprint density at radius 1 is 0.968 bits per heavy atom. The van der Waals surface area contributed by atoms with E-state index in [0.717, 1.165) is 0 Å². The largest absolute Gasteiger partial charge is 0.489 e. The third kappa shape index (κ3) is 4.16. The van der Waals surface area contributed by atoms with Crippen LogP contribution < -0.4 is 15.9 Å². The monoisotopic (exact) mass is 415 g/mol. The summed E-state index contributed by atoms with van der Waals surface area (Å²) < 4.78 is 11.4. The highest BCUT2D eigenvalue weighted by atomic mass is 16.5. The predicted octanol–water partition coefficient (Wildman–Crippen LogP) is 3.84. The van der Waals surface area contributed by atoms with Crippen LogP contribution in [-0.4, -0.2) is 17.0 Å². The molecule has 0 spiro atoms. The molecule has 154 valence electrons. The van der Waals surface area contributed by atoms with Gasteiger partial charge in [-0.15, -0.1) is 0 Å². The van der Waals surface area contributed by atoms with Gasteiger partial charge in [-0.05, 0) is 47.5 Å². The van der Waals surface area contributed by atoms with E-state index in [1.165, 1.54) is 12.3 Å². The van der Waals surface area contributed by atoms with Crippen molar-refractivity contribution in [3.8, 4) is 16.9 Å². The Kier molecular flexibility index (Phi) is 5.24. The van der Waals surface area contributed by atoms with Crippen LogP contribution in [0.4, 0.5) is 0 Å². The Labute approximate surface area is 176 Å². The summed E-state index contributed by atoms with van der Waals surface area (Å²) in [5.41, 5.74) is 7.61. The van der Waals surface area contributed by atoms with Crippen molar-refractivity contribution in [3.63, 3.8) is 0 Å². The van der Waals surface area contributed by atoms with E-state index in [9.17, 15) is 14.4 Å². The number of hydrogen-bond donors (Lipinski definition) is 2. The average molecular weight is 415 g/mol. The molecule has 3 aromatic carbocycles. The molecule has 7 heteroatoms. The van der Waals surface area contributed by atoms with Gasteiger partial charge >= 0.3 is 5.97 Å². The molecule has 0 radical (unpaired) electrons. The molecule has 0 aliphatic rings. The number of carbonyl (C=O) groups excluding carboxylic acids is 1. The second-order valence-electron chi connectivity index (χ2n) is 6.87. The first kappa shape index (κ1) is 19.9. The SMILES string of the molecule is NC(=O)c1ccc(-c2coc3cc(OCc4cccc(C(=O)O)c4)ccc3c2=O)cc1. The smallest absolute Gasteiger partial charge is 0.335 e. The van der Waals surface area contributed by atoms with E-state index in [0.29, 0.717) is 39.0 Å². The van der Waals surface area contributed by atoms with Crippen LogP contribution in [0.15, 0.2) is 82.2 Å². The number of carboxylic acid groups (broad SMARTS) is 1. The molecule has 0 fully saturated rings. The van der Waals surface area contributed by atoms with Crippen LogP contribution in [0.25, 0.3) is 22.1 Å². The molecular weight excluding hydrogens is 398 g/mol. The first-order valence-electron chi connectivity index (χ1n) is 9.33. The number of nitrogens with two attached hydrogens (primary N) is 1. The van der Waals surface area contributed by atoms with Crippen molar-refractivity contribution in [1.82, 2.24) is 0 Å². The van der Waals surface area contributed by atoms with E-state index in [-0.39, 0.29) is 17.6 Å². The van der Waals surface area contributed by atoms with Gasteiger partial charge in [0.25, 0.3) is 0 Å². The van der Waals surface area contributed by atoms with E-state index in [1.807, 2.05) is 0 Å². The molecule has 0 aliphatic carbocycles. The van der Waals surface area contributed by atoms with E-state index in [2.05, 4.69) is 0 Å². The Hall–Kier alpha value is -4.39. The van der Waals surface area contributed by atoms with Crippen molar-refractivity contribution in [2.45, 2.75) is 6.61 Å². The van der Waals surface area contributed by atoms with Crippen LogP contribution in [-0.2, 0) is 6.61 Å². The van der Waals surface area contributed by atoms with E-state index < -0.39 is 11.9 Å². The molecule has 0 bridgehead atoms. The lowest BCUT2D eigenvalue weighted by molar-refractivity contribution is 0.0696. The molecule has 0 atom stereocenters. The van der Waals surface area contributed by atoms with Crippen molar-refractivity contribution in [2.75, 3.05) is 0 Å². The Balaban J connectivity index is 1.58. The zero-order chi connectivity index (χ0) is 22.0. The van der Waals surface area contributed by atoms with Gasteiger partial charge in [-0.1, -0.05) is 24.3 Å². The van der Waals surface area contributed by atoms with Gasteiger partial charge in [0, 0.05) is 11.6 Å². The van der Waals surface area contributed by atoms with Gasteiger partial charge in [0.1, 0.15) is 24.2 Å².